The van der Waals surface area contributed by atoms with Crippen molar-refractivity contribution in [1.82, 2.24) is 5.32 Å². The molecule has 0 aromatic heterocycles. The normalized spacial score (nSPS) is 11.4. The van der Waals surface area contributed by atoms with Crippen LogP contribution < -0.4 is 16.8 Å². The van der Waals surface area contributed by atoms with Gasteiger partial charge in [-0.25, -0.2) is 0 Å². The lowest BCUT2D eigenvalue weighted by Gasteiger charge is -2.12. The molecule has 1 aromatic rings. The molecule has 0 saturated carbocycles. The van der Waals surface area contributed by atoms with Crippen molar-refractivity contribution in [3.63, 3.8) is 0 Å². The van der Waals surface area contributed by atoms with Crippen LogP contribution in [0.5, 0.6) is 0 Å². The summed E-state index contributed by atoms with van der Waals surface area (Å²) in [7, 11) is 0. The summed E-state index contributed by atoms with van der Waals surface area (Å²) in [5.74, 6) is -0.168. The highest BCUT2D eigenvalue weighted by Gasteiger charge is 2.05. The molecule has 0 aliphatic heterocycles. The Bertz CT molecular complexity index is 305. The van der Waals surface area contributed by atoms with Crippen LogP contribution in [0.2, 0.25) is 0 Å². The van der Waals surface area contributed by atoms with E-state index in [9.17, 15) is 4.79 Å². The van der Waals surface area contributed by atoms with Crippen LogP contribution in [-0.4, -0.2) is 25.0 Å². The van der Waals surface area contributed by atoms with E-state index in [-0.39, 0.29) is 30.9 Å². The Kier molecular flexibility index (Phi) is 7.54. The third-order valence-electron chi connectivity index (χ3n) is 2.09. The van der Waals surface area contributed by atoms with Crippen molar-refractivity contribution in [2.24, 2.45) is 11.5 Å². The van der Waals surface area contributed by atoms with Crippen LogP contribution in [0.1, 0.15) is 5.56 Å². The van der Waals surface area contributed by atoms with E-state index >= 15 is 0 Å². The highest BCUT2D eigenvalue weighted by molar-refractivity contribution is 5.85. The van der Waals surface area contributed by atoms with Gasteiger partial charge in [0.1, 0.15) is 0 Å². The van der Waals surface area contributed by atoms with Gasteiger partial charge in [0.05, 0.1) is 6.54 Å². The average molecular weight is 244 g/mol. The molecule has 0 fully saturated rings. The fourth-order valence-electron chi connectivity index (χ4n) is 1.31. The maximum absolute atomic E-state index is 10.9. The molecule has 0 unspecified atom stereocenters. The summed E-state index contributed by atoms with van der Waals surface area (Å²) in [6.07, 6.45) is 0.756. The predicted molar refractivity (Wildman–Crippen MR) is 67.4 cm³/mol. The molecule has 5 heteroatoms. The number of carbonyl (C=O) groups is 1. The molecule has 4 nitrogen and oxygen atoms in total. The fraction of sp³-hybridized carbons (Fsp3) is 0.364. The number of benzene rings is 1. The van der Waals surface area contributed by atoms with Crippen LogP contribution in [0.15, 0.2) is 30.3 Å². The fourth-order valence-corrected chi connectivity index (χ4v) is 1.31. The smallest absolute Gasteiger partial charge is 0.233 e. The first kappa shape index (κ1) is 14.9. The quantitative estimate of drug-likeness (QED) is 0.684. The summed E-state index contributed by atoms with van der Waals surface area (Å²) in [5, 5.41) is 2.66. The number of hydrogen-bond acceptors (Lipinski definition) is 3. The van der Waals surface area contributed by atoms with E-state index in [0.29, 0.717) is 6.54 Å². The highest BCUT2D eigenvalue weighted by atomic mass is 35.5. The zero-order valence-electron chi connectivity index (χ0n) is 9.06. The summed E-state index contributed by atoms with van der Waals surface area (Å²) in [5.41, 5.74) is 12.2. The first-order valence-corrected chi connectivity index (χ1v) is 4.98. The molecule has 1 aromatic carbocycles. The summed E-state index contributed by atoms with van der Waals surface area (Å²) in [4.78, 5) is 10.9. The zero-order chi connectivity index (χ0) is 11.1. The van der Waals surface area contributed by atoms with Crippen molar-refractivity contribution >= 4 is 18.3 Å². The van der Waals surface area contributed by atoms with Crippen molar-refractivity contribution in [3.8, 4) is 0 Å². The summed E-state index contributed by atoms with van der Waals surface area (Å²) in [6, 6.07) is 9.88. The van der Waals surface area contributed by atoms with E-state index in [1.54, 1.807) is 0 Å². The molecule has 1 atom stereocenters. The third kappa shape index (κ3) is 5.70. The van der Waals surface area contributed by atoms with Gasteiger partial charge in [0.15, 0.2) is 0 Å². The topological polar surface area (TPSA) is 81.1 Å². The van der Waals surface area contributed by atoms with E-state index in [1.807, 2.05) is 30.3 Å². The van der Waals surface area contributed by atoms with Gasteiger partial charge in [-0.05, 0) is 12.0 Å². The van der Waals surface area contributed by atoms with Crippen LogP contribution >= 0.6 is 12.4 Å². The Morgan fingerprint density at radius 1 is 1.31 bits per heavy atom. The van der Waals surface area contributed by atoms with Crippen LogP contribution in [0.25, 0.3) is 0 Å². The highest BCUT2D eigenvalue weighted by Crippen LogP contribution is 2.00. The Balaban J connectivity index is 0.00000225. The van der Waals surface area contributed by atoms with E-state index in [0.717, 1.165) is 6.42 Å². The SMILES string of the molecule is Cl.NCC(=O)NC[C@H](N)Cc1ccccc1. The molecule has 0 aliphatic rings. The monoisotopic (exact) mass is 243 g/mol. The van der Waals surface area contributed by atoms with Gasteiger partial charge < -0.3 is 16.8 Å². The van der Waals surface area contributed by atoms with Gasteiger partial charge in [-0.2, -0.15) is 0 Å². The average Bonchev–Trinajstić information content (AvgIpc) is 2.27. The molecule has 16 heavy (non-hydrogen) atoms. The van der Waals surface area contributed by atoms with Gasteiger partial charge in [0.25, 0.3) is 0 Å². The van der Waals surface area contributed by atoms with Crippen LogP contribution in [0, 0.1) is 0 Å². The molecule has 0 bridgehead atoms. The van der Waals surface area contributed by atoms with Gasteiger partial charge in [-0.15, -0.1) is 12.4 Å². The Labute approximate surface area is 102 Å². The third-order valence-corrected chi connectivity index (χ3v) is 2.09. The van der Waals surface area contributed by atoms with Gasteiger partial charge >= 0.3 is 0 Å². The largest absolute Gasteiger partial charge is 0.353 e. The minimum atomic E-state index is -0.168. The number of carbonyl (C=O) groups excluding carboxylic acids is 1. The second-order valence-electron chi connectivity index (χ2n) is 3.46. The molecule has 0 aliphatic carbocycles. The molecular weight excluding hydrogens is 226 g/mol. The van der Waals surface area contributed by atoms with E-state index < -0.39 is 0 Å². The number of rotatable bonds is 5. The minimum Gasteiger partial charge on any atom is -0.353 e. The summed E-state index contributed by atoms with van der Waals surface area (Å²) >= 11 is 0. The number of nitrogens with one attached hydrogen (secondary N) is 1. The molecule has 0 radical (unpaired) electrons. The van der Waals surface area contributed by atoms with Crippen molar-refractivity contribution in [3.05, 3.63) is 35.9 Å². The van der Waals surface area contributed by atoms with Gasteiger partial charge in [0.2, 0.25) is 5.91 Å². The maximum atomic E-state index is 10.9. The van der Waals surface area contributed by atoms with Crippen molar-refractivity contribution < 1.29 is 4.79 Å². The molecule has 0 heterocycles. The molecule has 90 valence electrons. The van der Waals surface area contributed by atoms with E-state index in [2.05, 4.69) is 5.32 Å². The minimum absolute atomic E-state index is 0. The van der Waals surface area contributed by atoms with Gasteiger partial charge in [0, 0.05) is 12.6 Å². The first-order chi connectivity index (χ1) is 7.22. The number of amides is 1. The molecule has 0 saturated heterocycles. The van der Waals surface area contributed by atoms with Crippen LogP contribution in [0.3, 0.4) is 0 Å². The van der Waals surface area contributed by atoms with Crippen molar-refractivity contribution in [2.75, 3.05) is 13.1 Å². The molecule has 0 spiro atoms. The maximum Gasteiger partial charge on any atom is 0.233 e. The molecule has 1 rings (SSSR count). The standard InChI is InChI=1S/C11H17N3O.ClH/c12-7-11(15)14-8-10(13)6-9-4-2-1-3-5-9;/h1-5,10H,6-8,12-13H2,(H,14,15);1H/t10-;/m1./s1. The lowest BCUT2D eigenvalue weighted by atomic mass is 10.1. The van der Waals surface area contributed by atoms with Crippen LogP contribution in [0.4, 0.5) is 0 Å². The lowest BCUT2D eigenvalue weighted by Crippen LogP contribution is -2.40. The molecular formula is C11H18ClN3O. The second-order valence-corrected chi connectivity index (χ2v) is 3.46. The lowest BCUT2D eigenvalue weighted by molar-refractivity contribution is -0.119. The van der Waals surface area contributed by atoms with Gasteiger partial charge in [-0.3, -0.25) is 4.79 Å². The number of hydrogen-bond donors (Lipinski definition) is 3. The van der Waals surface area contributed by atoms with E-state index in [4.69, 9.17) is 11.5 Å². The number of halogens is 1. The molecule has 1 amide bonds. The first-order valence-electron chi connectivity index (χ1n) is 4.98. The predicted octanol–water partition coefficient (Wildman–Crippen LogP) is 0.0531. The summed E-state index contributed by atoms with van der Waals surface area (Å²) in [6.45, 7) is 0.475. The van der Waals surface area contributed by atoms with Crippen molar-refractivity contribution in [2.45, 2.75) is 12.5 Å². The Morgan fingerprint density at radius 2 is 1.94 bits per heavy atom. The second kappa shape index (κ2) is 8.10. The Morgan fingerprint density at radius 3 is 2.50 bits per heavy atom. The van der Waals surface area contributed by atoms with Gasteiger partial charge in [-0.1, -0.05) is 30.3 Å². The number of nitrogens with two attached hydrogens (primary N) is 2. The Hall–Kier alpha value is -1.10. The summed E-state index contributed by atoms with van der Waals surface area (Å²) < 4.78 is 0. The van der Waals surface area contributed by atoms with Crippen LogP contribution in [-0.2, 0) is 11.2 Å². The van der Waals surface area contributed by atoms with E-state index in [1.165, 1.54) is 5.56 Å². The zero-order valence-corrected chi connectivity index (χ0v) is 9.87. The van der Waals surface area contributed by atoms with Crippen molar-refractivity contribution in [1.29, 1.82) is 0 Å². The molecule has 5 N–H and O–H groups in total.